The Morgan fingerprint density at radius 1 is 1.17 bits per heavy atom. The van der Waals surface area contributed by atoms with E-state index in [1.54, 1.807) is 22.9 Å². The van der Waals surface area contributed by atoms with Gasteiger partial charge in [-0.05, 0) is 23.8 Å². The first-order valence-electron chi connectivity index (χ1n) is 8.77. The quantitative estimate of drug-likeness (QED) is 0.365. The molecule has 0 aliphatic heterocycles. The van der Waals surface area contributed by atoms with Gasteiger partial charge in [-0.15, -0.1) is 0 Å². The van der Waals surface area contributed by atoms with Crippen molar-refractivity contribution in [1.29, 1.82) is 0 Å². The third-order valence-corrected chi connectivity index (χ3v) is 5.25. The molecule has 4 rings (SSSR count). The van der Waals surface area contributed by atoms with Crippen molar-refractivity contribution in [3.63, 3.8) is 0 Å². The highest BCUT2D eigenvalue weighted by molar-refractivity contribution is 7.99. The van der Waals surface area contributed by atoms with Crippen molar-refractivity contribution >= 4 is 40.3 Å². The number of carbonyl (C=O) groups excluding carboxylic acids is 1. The predicted octanol–water partition coefficient (Wildman–Crippen LogP) is 3.17. The Bertz CT molecular complexity index is 1220. The van der Waals surface area contributed by atoms with E-state index in [1.807, 2.05) is 36.4 Å². The number of hydrogen-bond donors (Lipinski definition) is 2. The van der Waals surface area contributed by atoms with E-state index in [4.69, 9.17) is 11.6 Å². The molecule has 0 radical (unpaired) electrons. The Morgan fingerprint density at radius 2 is 2.00 bits per heavy atom. The molecule has 0 saturated carbocycles. The average Bonchev–Trinajstić information content (AvgIpc) is 3.16. The lowest BCUT2D eigenvalue weighted by Gasteiger charge is -2.06. The summed E-state index contributed by atoms with van der Waals surface area (Å²) >= 11 is 7.21. The van der Waals surface area contributed by atoms with Gasteiger partial charge in [0.2, 0.25) is 5.91 Å². The molecule has 0 bridgehead atoms. The van der Waals surface area contributed by atoms with E-state index in [1.165, 1.54) is 6.20 Å². The van der Waals surface area contributed by atoms with Gasteiger partial charge in [-0.3, -0.25) is 9.59 Å². The van der Waals surface area contributed by atoms with E-state index in [0.29, 0.717) is 33.4 Å². The molecule has 2 aromatic carbocycles. The summed E-state index contributed by atoms with van der Waals surface area (Å²) in [5.74, 6) is -0.0167. The third-order valence-electron chi connectivity index (χ3n) is 4.14. The molecule has 0 aliphatic rings. The van der Waals surface area contributed by atoms with Gasteiger partial charge in [0, 0.05) is 11.6 Å². The zero-order valence-corrected chi connectivity index (χ0v) is 16.7. The fourth-order valence-electron chi connectivity index (χ4n) is 2.74. The minimum absolute atomic E-state index is 0.132. The van der Waals surface area contributed by atoms with Gasteiger partial charge in [0.05, 0.1) is 17.6 Å². The lowest BCUT2D eigenvalue weighted by Crippen LogP contribution is -2.24. The maximum Gasteiger partial charge on any atom is 0.262 e. The normalized spacial score (nSPS) is 10.9. The lowest BCUT2D eigenvalue weighted by atomic mass is 10.2. The molecule has 2 heterocycles. The number of aromatic nitrogens is 4. The van der Waals surface area contributed by atoms with Crippen LogP contribution in [0.25, 0.3) is 16.7 Å². The summed E-state index contributed by atoms with van der Waals surface area (Å²) in [4.78, 5) is 31.7. The second kappa shape index (κ2) is 8.50. The van der Waals surface area contributed by atoms with Crippen LogP contribution in [0.2, 0.25) is 5.02 Å². The van der Waals surface area contributed by atoms with Crippen LogP contribution in [0, 0.1) is 0 Å². The molecule has 4 aromatic rings. The standard InChI is InChI=1S/C20H16ClN5O2S/c21-14-7-4-8-15(9-14)26-18-16(11-23-26)19(28)25-20(24-18)29-12-17(27)22-10-13-5-2-1-3-6-13/h1-9,11H,10,12H2,(H,22,27)(H,24,25,28). The minimum Gasteiger partial charge on any atom is -0.351 e. The first-order chi connectivity index (χ1) is 14.1. The lowest BCUT2D eigenvalue weighted by molar-refractivity contribution is -0.118. The van der Waals surface area contributed by atoms with Crippen LogP contribution >= 0.6 is 23.4 Å². The highest BCUT2D eigenvalue weighted by Crippen LogP contribution is 2.20. The monoisotopic (exact) mass is 425 g/mol. The highest BCUT2D eigenvalue weighted by Gasteiger charge is 2.13. The van der Waals surface area contributed by atoms with E-state index in [9.17, 15) is 9.59 Å². The van der Waals surface area contributed by atoms with Gasteiger partial charge in [-0.25, -0.2) is 9.67 Å². The Kier molecular flexibility index (Phi) is 5.64. The Hall–Kier alpha value is -3.10. The molecular formula is C20H16ClN5O2S. The maximum absolute atomic E-state index is 12.4. The molecule has 29 heavy (non-hydrogen) atoms. The summed E-state index contributed by atoms with van der Waals surface area (Å²) in [5, 5.41) is 8.37. The van der Waals surface area contributed by atoms with Crippen LogP contribution in [0.4, 0.5) is 0 Å². The number of nitrogens with one attached hydrogen (secondary N) is 2. The number of hydrogen-bond acceptors (Lipinski definition) is 5. The second-order valence-corrected chi connectivity index (χ2v) is 7.60. The molecule has 0 atom stereocenters. The summed E-state index contributed by atoms with van der Waals surface area (Å²) in [6.45, 7) is 0.449. The van der Waals surface area contributed by atoms with Gasteiger partial charge < -0.3 is 10.3 Å². The van der Waals surface area contributed by atoms with Gasteiger partial charge in [0.15, 0.2) is 10.8 Å². The van der Waals surface area contributed by atoms with Crippen molar-refractivity contribution in [2.75, 3.05) is 5.75 Å². The van der Waals surface area contributed by atoms with Crippen LogP contribution < -0.4 is 10.9 Å². The number of halogens is 1. The predicted molar refractivity (Wildman–Crippen MR) is 114 cm³/mol. The van der Waals surface area contributed by atoms with Gasteiger partial charge in [0.1, 0.15) is 5.39 Å². The van der Waals surface area contributed by atoms with Crippen LogP contribution in [0.5, 0.6) is 0 Å². The third kappa shape index (κ3) is 4.49. The van der Waals surface area contributed by atoms with Crippen LogP contribution in [-0.4, -0.2) is 31.4 Å². The Balaban J connectivity index is 1.50. The van der Waals surface area contributed by atoms with Crippen molar-refractivity contribution in [3.8, 4) is 5.69 Å². The maximum atomic E-state index is 12.4. The molecule has 1 amide bonds. The van der Waals surface area contributed by atoms with E-state index in [-0.39, 0.29) is 17.2 Å². The van der Waals surface area contributed by atoms with E-state index in [2.05, 4.69) is 20.4 Å². The van der Waals surface area contributed by atoms with Crippen LogP contribution in [0.1, 0.15) is 5.56 Å². The Labute approximate surface area is 175 Å². The number of nitrogens with zero attached hydrogens (tertiary/aromatic N) is 3. The molecule has 0 unspecified atom stereocenters. The zero-order valence-electron chi connectivity index (χ0n) is 15.1. The van der Waals surface area contributed by atoms with Crippen molar-refractivity contribution in [2.24, 2.45) is 0 Å². The molecule has 0 spiro atoms. The molecule has 0 aliphatic carbocycles. The number of thioether (sulfide) groups is 1. The van der Waals surface area contributed by atoms with Crippen molar-refractivity contribution < 1.29 is 4.79 Å². The van der Waals surface area contributed by atoms with Crippen LogP contribution in [0.15, 0.2) is 70.7 Å². The number of amides is 1. The summed E-state index contributed by atoms with van der Waals surface area (Å²) in [7, 11) is 0. The zero-order chi connectivity index (χ0) is 20.2. The molecule has 0 fully saturated rings. The molecule has 146 valence electrons. The number of fused-ring (bicyclic) bond motifs is 1. The smallest absolute Gasteiger partial charge is 0.262 e. The molecule has 2 N–H and O–H groups in total. The Morgan fingerprint density at radius 3 is 2.79 bits per heavy atom. The fourth-order valence-corrected chi connectivity index (χ4v) is 3.62. The molecule has 2 aromatic heterocycles. The van der Waals surface area contributed by atoms with Crippen molar-refractivity contribution in [2.45, 2.75) is 11.7 Å². The second-order valence-electron chi connectivity index (χ2n) is 6.20. The number of carbonyl (C=O) groups is 1. The average molecular weight is 426 g/mol. The van der Waals surface area contributed by atoms with Crippen molar-refractivity contribution in [3.05, 3.63) is 81.7 Å². The van der Waals surface area contributed by atoms with Crippen LogP contribution in [-0.2, 0) is 11.3 Å². The van der Waals surface area contributed by atoms with E-state index in [0.717, 1.165) is 17.3 Å². The van der Waals surface area contributed by atoms with Crippen LogP contribution in [0.3, 0.4) is 0 Å². The van der Waals surface area contributed by atoms with Gasteiger partial charge in [-0.1, -0.05) is 59.8 Å². The van der Waals surface area contributed by atoms with E-state index < -0.39 is 0 Å². The first kappa shape index (κ1) is 19.2. The van der Waals surface area contributed by atoms with E-state index >= 15 is 0 Å². The topological polar surface area (TPSA) is 92.7 Å². The largest absolute Gasteiger partial charge is 0.351 e. The highest BCUT2D eigenvalue weighted by atomic mass is 35.5. The minimum atomic E-state index is -0.310. The summed E-state index contributed by atoms with van der Waals surface area (Å²) in [5.41, 5.74) is 1.81. The summed E-state index contributed by atoms with van der Waals surface area (Å²) in [6, 6.07) is 16.8. The summed E-state index contributed by atoms with van der Waals surface area (Å²) < 4.78 is 1.55. The molecule has 9 heteroatoms. The fraction of sp³-hybridized carbons (Fsp3) is 0.100. The van der Waals surface area contributed by atoms with Crippen molar-refractivity contribution in [1.82, 2.24) is 25.1 Å². The van der Waals surface area contributed by atoms with Gasteiger partial charge in [0.25, 0.3) is 5.56 Å². The first-order valence-corrected chi connectivity index (χ1v) is 10.1. The van der Waals surface area contributed by atoms with Gasteiger partial charge in [-0.2, -0.15) is 5.10 Å². The SMILES string of the molecule is O=C(CSc1nc2c(cnn2-c2cccc(Cl)c2)c(=O)[nH]1)NCc1ccccc1. The number of rotatable bonds is 6. The molecule has 7 nitrogen and oxygen atoms in total. The number of aromatic amines is 1. The van der Waals surface area contributed by atoms with Gasteiger partial charge >= 0.3 is 0 Å². The summed E-state index contributed by atoms with van der Waals surface area (Å²) in [6.07, 6.45) is 1.46. The molecular weight excluding hydrogens is 410 g/mol. The molecule has 0 saturated heterocycles. The number of H-pyrrole nitrogens is 1. The number of benzene rings is 2.